The topological polar surface area (TPSA) is 69.6 Å². The zero-order valence-corrected chi connectivity index (χ0v) is 15.7. The van der Waals surface area contributed by atoms with Crippen molar-refractivity contribution in [1.29, 1.82) is 0 Å². The third-order valence-corrected chi connectivity index (χ3v) is 4.89. The van der Waals surface area contributed by atoms with E-state index in [1.54, 1.807) is 6.33 Å². The Bertz CT molecular complexity index is 810. The summed E-state index contributed by atoms with van der Waals surface area (Å²) in [5, 5.41) is 1.23. The van der Waals surface area contributed by atoms with Crippen LogP contribution in [0.3, 0.4) is 0 Å². The zero-order valence-electron chi connectivity index (χ0n) is 14.2. The van der Waals surface area contributed by atoms with Gasteiger partial charge < -0.3 is 10.3 Å². The summed E-state index contributed by atoms with van der Waals surface area (Å²) in [6.45, 7) is 2.67. The minimum atomic E-state index is 0.392. The van der Waals surface area contributed by atoms with Crippen LogP contribution in [0.4, 0.5) is 5.82 Å². The van der Waals surface area contributed by atoms with Crippen LogP contribution in [-0.4, -0.2) is 19.5 Å². The highest BCUT2D eigenvalue weighted by Gasteiger charge is 2.19. The van der Waals surface area contributed by atoms with Crippen LogP contribution in [0.1, 0.15) is 44.0 Å². The van der Waals surface area contributed by atoms with Gasteiger partial charge in [0.15, 0.2) is 17.3 Å². The minimum Gasteiger partial charge on any atom is -0.382 e. The number of rotatable bonds is 7. The number of benzene rings is 1. The Balaban J connectivity index is 1.89. The van der Waals surface area contributed by atoms with Gasteiger partial charge >= 0.3 is 0 Å². The fraction of sp³-hybridized carbons (Fsp3) is 0.389. The maximum absolute atomic E-state index is 6.29. The number of halogens is 2. The molecule has 0 spiro atoms. The molecule has 2 aliphatic heterocycles. The van der Waals surface area contributed by atoms with E-state index in [9.17, 15) is 0 Å². The Morgan fingerprint density at radius 3 is 2.56 bits per heavy atom. The van der Waals surface area contributed by atoms with Gasteiger partial charge in [0.1, 0.15) is 5.82 Å². The van der Waals surface area contributed by atoms with Crippen LogP contribution in [0.25, 0.3) is 11.5 Å². The number of nitrogens with two attached hydrogens (primary N) is 1. The van der Waals surface area contributed by atoms with Gasteiger partial charge in [-0.2, -0.15) is 0 Å². The van der Waals surface area contributed by atoms with Gasteiger partial charge in [-0.3, -0.25) is 0 Å². The third kappa shape index (κ3) is 4.05. The fourth-order valence-corrected chi connectivity index (χ4v) is 3.31. The average molecular weight is 378 g/mol. The first-order valence-corrected chi connectivity index (χ1v) is 9.26. The van der Waals surface area contributed by atoms with Crippen molar-refractivity contribution in [2.75, 3.05) is 5.73 Å². The van der Waals surface area contributed by atoms with Crippen molar-refractivity contribution < 1.29 is 0 Å². The lowest BCUT2D eigenvalue weighted by molar-refractivity contribution is 0.655. The van der Waals surface area contributed by atoms with Crippen molar-refractivity contribution in [2.24, 2.45) is 0 Å². The van der Waals surface area contributed by atoms with E-state index in [0.29, 0.717) is 33.9 Å². The second-order valence-corrected chi connectivity index (χ2v) is 6.90. The molecule has 7 heteroatoms. The standard InChI is InChI=1S/C18H21Cl2N5/c1-2-3-4-5-9-15-23-16-17(21)22-11-25(18(16)24-15)10-12-13(19)7-6-8-14(12)20/h6-8,11H,2-5,9-10,21H2,1H3. The van der Waals surface area contributed by atoms with E-state index in [1.807, 2.05) is 22.8 Å². The molecule has 0 unspecified atom stereocenters. The van der Waals surface area contributed by atoms with Gasteiger partial charge in [-0.05, 0) is 18.6 Å². The van der Waals surface area contributed by atoms with Gasteiger partial charge in [0.05, 0.1) is 12.9 Å². The Labute approximate surface area is 157 Å². The number of aromatic nitrogens is 4. The number of imidazole rings is 1. The molecule has 2 N–H and O–H groups in total. The van der Waals surface area contributed by atoms with E-state index >= 15 is 0 Å². The van der Waals surface area contributed by atoms with E-state index in [2.05, 4.69) is 21.9 Å². The van der Waals surface area contributed by atoms with Crippen molar-refractivity contribution in [3.8, 4) is 11.5 Å². The van der Waals surface area contributed by atoms with Gasteiger partial charge in [-0.1, -0.05) is 55.5 Å². The van der Waals surface area contributed by atoms with E-state index in [1.165, 1.54) is 19.3 Å². The van der Waals surface area contributed by atoms with Gasteiger partial charge in [-0.15, -0.1) is 0 Å². The molecule has 1 aromatic rings. The molecule has 25 heavy (non-hydrogen) atoms. The van der Waals surface area contributed by atoms with Crippen LogP contribution < -0.4 is 5.73 Å². The molecule has 0 fully saturated rings. The summed E-state index contributed by atoms with van der Waals surface area (Å²) in [6, 6.07) is 5.47. The second kappa shape index (κ2) is 8.02. The molecule has 0 aliphatic carbocycles. The van der Waals surface area contributed by atoms with Gasteiger partial charge in [0.2, 0.25) is 0 Å². The molecule has 0 bridgehead atoms. The van der Waals surface area contributed by atoms with E-state index in [4.69, 9.17) is 28.9 Å². The van der Waals surface area contributed by atoms with Crippen LogP contribution in [0.2, 0.25) is 10.0 Å². The number of nitrogen functional groups attached to an aromatic ring is 1. The summed E-state index contributed by atoms with van der Waals surface area (Å²) in [5.74, 6) is 1.92. The lowest BCUT2D eigenvalue weighted by atomic mass is 10.1. The van der Waals surface area contributed by atoms with Crippen LogP contribution in [0, 0.1) is 0 Å². The Hall–Kier alpha value is -1.85. The molecule has 3 rings (SSSR count). The zero-order chi connectivity index (χ0) is 17.8. The largest absolute Gasteiger partial charge is 0.382 e. The summed E-state index contributed by atoms with van der Waals surface area (Å²) in [6.07, 6.45) is 7.21. The summed E-state index contributed by atoms with van der Waals surface area (Å²) in [5.41, 5.74) is 7.45. The summed E-state index contributed by atoms with van der Waals surface area (Å²) in [4.78, 5) is 13.5. The lowest BCUT2D eigenvalue weighted by Crippen LogP contribution is -2.09. The number of hydrogen-bond acceptors (Lipinski definition) is 4. The Morgan fingerprint density at radius 2 is 1.84 bits per heavy atom. The average Bonchev–Trinajstić information content (AvgIpc) is 3.02. The lowest BCUT2D eigenvalue weighted by Gasteiger charge is -2.13. The van der Waals surface area contributed by atoms with E-state index in [-0.39, 0.29) is 0 Å². The third-order valence-electron chi connectivity index (χ3n) is 4.18. The molecule has 0 amide bonds. The monoisotopic (exact) mass is 377 g/mol. The number of fused-ring (bicyclic) bond motifs is 1. The maximum atomic E-state index is 6.29. The highest BCUT2D eigenvalue weighted by Crippen LogP contribution is 2.29. The summed E-state index contributed by atoms with van der Waals surface area (Å²) >= 11 is 12.6. The number of unbranched alkanes of at least 4 members (excludes halogenated alkanes) is 3. The maximum Gasteiger partial charge on any atom is 0.166 e. The van der Waals surface area contributed by atoms with Crippen molar-refractivity contribution in [3.05, 3.63) is 46.0 Å². The molecular weight excluding hydrogens is 357 g/mol. The smallest absolute Gasteiger partial charge is 0.166 e. The van der Waals surface area contributed by atoms with Crippen LogP contribution in [-0.2, 0) is 13.0 Å². The van der Waals surface area contributed by atoms with Crippen LogP contribution in [0.15, 0.2) is 24.5 Å². The Kier molecular flexibility index (Phi) is 5.76. The molecule has 0 aromatic heterocycles. The van der Waals surface area contributed by atoms with Crippen molar-refractivity contribution in [2.45, 2.75) is 45.6 Å². The van der Waals surface area contributed by atoms with Gasteiger partial charge in [0, 0.05) is 22.0 Å². The minimum absolute atomic E-state index is 0.392. The molecule has 0 radical (unpaired) electrons. The molecular formula is C18H21Cl2N5. The van der Waals surface area contributed by atoms with Crippen molar-refractivity contribution in [3.63, 3.8) is 0 Å². The predicted molar refractivity (Wildman–Crippen MR) is 102 cm³/mol. The fourth-order valence-electron chi connectivity index (χ4n) is 2.79. The second-order valence-electron chi connectivity index (χ2n) is 6.08. The SMILES string of the molecule is CCCCCCc1nc2c(N)ncn(Cc3c(Cl)cccc3Cl)c-2n1. The van der Waals surface area contributed by atoms with E-state index < -0.39 is 0 Å². The molecule has 0 saturated heterocycles. The summed E-state index contributed by atoms with van der Waals surface area (Å²) < 4.78 is 1.89. The number of anilines is 1. The number of aryl methyl sites for hydroxylation is 1. The van der Waals surface area contributed by atoms with Crippen molar-refractivity contribution in [1.82, 2.24) is 19.5 Å². The van der Waals surface area contributed by atoms with Crippen LogP contribution >= 0.6 is 23.2 Å². The molecule has 1 aromatic carbocycles. The number of nitrogens with zero attached hydrogens (tertiary/aromatic N) is 4. The van der Waals surface area contributed by atoms with Gasteiger partial charge in [-0.25, -0.2) is 15.0 Å². The molecule has 0 atom stereocenters. The molecule has 5 nitrogen and oxygen atoms in total. The first-order valence-electron chi connectivity index (χ1n) is 8.50. The molecule has 132 valence electrons. The van der Waals surface area contributed by atoms with Crippen LogP contribution in [0.5, 0.6) is 0 Å². The first-order chi connectivity index (χ1) is 12.1. The normalized spacial score (nSPS) is 11.3. The highest BCUT2D eigenvalue weighted by molar-refractivity contribution is 6.35. The first kappa shape index (κ1) is 18.0. The highest BCUT2D eigenvalue weighted by atomic mass is 35.5. The predicted octanol–water partition coefficient (Wildman–Crippen LogP) is 4.84. The van der Waals surface area contributed by atoms with Crippen molar-refractivity contribution >= 4 is 29.0 Å². The quantitative estimate of drug-likeness (QED) is 0.598. The molecule has 2 heterocycles. The Morgan fingerprint density at radius 1 is 1.08 bits per heavy atom. The molecule has 0 saturated carbocycles. The van der Waals surface area contributed by atoms with E-state index in [0.717, 1.165) is 24.2 Å². The number of hydrogen-bond donors (Lipinski definition) is 1. The summed E-state index contributed by atoms with van der Waals surface area (Å²) in [7, 11) is 0. The molecule has 2 aliphatic rings. The van der Waals surface area contributed by atoms with Gasteiger partial charge in [0.25, 0.3) is 0 Å².